The molecule has 6 nitrogen and oxygen atoms in total. The standard InChI is InChI=1S/C22H26ClN5OS/c1-29-20-19(23)17(6-9-26-20)30-18(24)14-27-21(25)28-10-7-22(8-11-28)12-15-4-2-3-5-16(15)13-22/h2-6,9,14H,7-8,10-13,24H2,1H3,(H2,25,27)/b18-14+. The average molecular weight is 444 g/mol. The van der Waals surface area contributed by atoms with Crippen LogP contribution in [-0.2, 0) is 12.8 Å². The number of guanidine groups is 1. The van der Waals surface area contributed by atoms with Crippen LogP contribution in [0.2, 0.25) is 5.02 Å². The van der Waals surface area contributed by atoms with E-state index in [1.54, 1.807) is 18.5 Å². The predicted octanol–water partition coefficient (Wildman–Crippen LogP) is 3.79. The molecule has 2 aromatic rings. The van der Waals surface area contributed by atoms with Gasteiger partial charge in [0.25, 0.3) is 0 Å². The van der Waals surface area contributed by atoms with E-state index in [1.165, 1.54) is 42.8 Å². The Labute approximate surface area is 186 Å². The number of methoxy groups -OCH3 is 1. The number of fused-ring (bicyclic) bond motifs is 1. The molecule has 1 spiro atoms. The molecule has 4 N–H and O–H groups in total. The van der Waals surface area contributed by atoms with Gasteiger partial charge in [0.1, 0.15) is 5.02 Å². The second kappa shape index (κ2) is 8.78. The van der Waals surface area contributed by atoms with Crippen LogP contribution in [0.1, 0.15) is 24.0 Å². The number of aromatic nitrogens is 1. The summed E-state index contributed by atoms with van der Waals surface area (Å²) in [6.45, 7) is 1.83. The number of nitrogens with two attached hydrogens (primary N) is 2. The van der Waals surface area contributed by atoms with Gasteiger partial charge in [0.15, 0.2) is 5.96 Å². The van der Waals surface area contributed by atoms with Gasteiger partial charge in [-0.2, -0.15) is 0 Å². The molecular weight excluding hydrogens is 418 g/mol. The van der Waals surface area contributed by atoms with E-state index in [4.69, 9.17) is 27.8 Å². The molecule has 0 radical (unpaired) electrons. The van der Waals surface area contributed by atoms with Gasteiger partial charge in [-0.15, -0.1) is 0 Å². The molecule has 1 aliphatic carbocycles. The Morgan fingerprint density at radius 1 is 1.20 bits per heavy atom. The lowest BCUT2D eigenvalue weighted by atomic mass is 9.76. The van der Waals surface area contributed by atoms with Crippen molar-refractivity contribution in [2.24, 2.45) is 21.9 Å². The number of halogens is 1. The SMILES string of the molecule is COc1nccc(S/C(N)=C/N=C(N)N2CCC3(CC2)Cc2ccccc2C3)c1Cl. The normalized spacial score (nSPS) is 18.5. The molecule has 1 fully saturated rings. The van der Waals surface area contributed by atoms with Gasteiger partial charge in [-0.25, -0.2) is 9.98 Å². The first-order valence-corrected chi connectivity index (χ1v) is 11.2. The lowest BCUT2D eigenvalue weighted by Gasteiger charge is -2.39. The van der Waals surface area contributed by atoms with Crippen molar-refractivity contribution in [2.45, 2.75) is 30.6 Å². The molecule has 158 valence electrons. The summed E-state index contributed by atoms with van der Waals surface area (Å²) in [5, 5.41) is 0.921. The maximum Gasteiger partial charge on any atom is 0.233 e. The van der Waals surface area contributed by atoms with E-state index in [-0.39, 0.29) is 0 Å². The second-order valence-corrected chi connectivity index (χ2v) is 9.36. The summed E-state index contributed by atoms with van der Waals surface area (Å²) < 4.78 is 5.13. The second-order valence-electron chi connectivity index (χ2n) is 7.86. The maximum absolute atomic E-state index is 6.27. The number of likely N-dealkylation sites (tertiary alicyclic amines) is 1. The number of pyridine rings is 1. The summed E-state index contributed by atoms with van der Waals surface area (Å²) in [4.78, 5) is 11.4. The van der Waals surface area contributed by atoms with E-state index in [2.05, 4.69) is 39.1 Å². The number of rotatable bonds is 4. The zero-order chi connectivity index (χ0) is 21.1. The predicted molar refractivity (Wildman–Crippen MR) is 123 cm³/mol. The molecule has 0 saturated carbocycles. The van der Waals surface area contributed by atoms with E-state index in [1.807, 2.05) is 0 Å². The topological polar surface area (TPSA) is 89.8 Å². The van der Waals surface area contributed by atoms with Crippen molar-refractivity contribution in [3.8, 4) is 5.88 Å². The van der Waals surface area contributed by atoms with Crippen molar-refractivity contribution in [2.75, 3.05) is 20.2 Å². The Bertz CT molecular complexity index is 958. The van der Waals surface area contributed by atoms with Crippen molar-refractivity contribution in [3.63, 3.8) is 0 Å². The largest absolute Gasteiger partial charge is 0.480 e. The number of nitrogens with zero attached hydrogens (tertiary/aromatic N) is 3. The first-order valence-electron chi connectivity index (χ1n) is 9.97. The molecule has 1 aliphatic heterocycles. The van der Waals surface area contributed by atoms with E-state index >= 15 is 0 Å². The third-order valence-electron chi connectivity index (χ3n) is 5.96. The van der Waals surface area contributed by atoms with Crippen LogP contribution in [0.4, 0.5) is 0 Å². The molecule has 8 heteroatoms. The van der Waals surface area contributed by atoms with Gasteiger partial charge < -0.3 is 21.1 Å². The number of aliphatic imine (C=N–C) groups is 1. The highest BCUT2D eigenvalue weighted by Crippen LogP contribution is 2.44. The fourth-order valence-corrected chi connectivity index (χ4v) is 5.30. The van der Waals surface area contributed by atoms with Crippen LogP contribution in [0.5, 0.6) is 5.88 Å². The van der Waals surface area contributed by atoms with Crippen molar-refractivity contribution < 1.29 is 4.74 Å². The quantitative estimate of drug-likeness (QED) is 0.424. The van der Waals surface area contributed by atoms with Crippen molar-refractivity contribution >= 4 is 29.3 Å². The molecule has 1 saturated heterocycles. The van der Waals surface area contributed by atoms with E-state index in [9.17, 15) is 0 Å². The zero-order valence-electron chi connectivity index (χ0n) is 17.0. The van der Waals surface area contributed by atoms with E-state index in [0.717, 1.165) is 30.8 Å². The number of piperidine rings is 1. The number of ether oxygens (including phenoxy) is 1. The van der Waals surface area contributed by atoms with Gasteiger partial charge in [-0.05, 0) is 48.3 Å². The fraction of sp³-hybridized carbons (Fsp3) is 0.364. The highest BCUT2D eigenvalue weighted by atomic mass is 35.5. The molecular formula is C22H26ClN5OS. The van der Waals surface area contributed by atoms with Gasteiger partial charge in [0.05, 0.1) is 18.3 Å². The monoisotopic (exact) mass is 443 g/mol. The smallest absolute Gasteiger partial charge is 0.233 e. The van der Waals surface area contributed by atoms with Crippen LogP contribution in [0, 0.1) is 5.41 Å². The van der Waals surface area contributed by atoms with Crippen molar-refractivity contribution in [1.29, 1.82) is 0 Å². The highest BCUT2D eigenvalue weighted by Gasteiger charge is 2.39. The molecule has 1 aromatic heterocycles. The average Bonchev–Trinajstić information content (AvgIpc) is 3.11. The summed E-state index contributed by atoms with van der Waals surface area (Å²) in [6.07, 6.45) is 7.81. The Kier molecular flexibility index (Phi) is 6.11. The van der Waals surface area contributed by atoms with Gasteiger partial charge in [0, 0.05) is 24.2 Å². The lowest BCUT2D eigenvalue weighted by molar-refractivity contribution is 0.157. The molecule has 0 unspecified atom stereocenters. The van der Waals surface area contributed by atoms with Crippen LogP contribution < -0.4 is 16.2 Å². The molecule has 4 rings (SSSR count). The van der Waals surface area contributed by atoms with Gasteiger partial charge >= 0.3 is 0 Å². The third kappa shape index (κ3) is 4.37. The Hall–Kier alpha value is -2.38. The molecule has 0 bridgehead atoms. The van der Waals surface area contributed by atoms with Crippen LogP contribution >= 0.6 is 23.4 Å². The van der Waals surface area contributed by atoms with Crippen LogP contribution in [0.3, 0.4) is 0 Å². The summed E-state index contributed by atoms with van der Waals surface area (Å²) in [7, 11) is 1.53. The molecule has 0 amide bonds. The van der Waals surface area contributed by atoms with Gasteiger partial charge in [-0.1, -0.05) is 47.6 Å². The summed E-state index contributed by atoms with van der Waals surface area (Å²) in [6, 6.07) is 10.6. The van der Waals surface area contributed by atoms with Crippen molar-refractivity contribution in [3.05, 3.63) is 63.9 Å². The van der Waals surface area contributed by atoms with Crippen molar-refractivity contribution in [1.82, 2.24) is 9.88 Å². The highest BCUT2D eigenvalue weighted by molar-refractivity contribution is 8.03. The Morgan fingerprint density at radius 2 is 1.87 bits per heavy atom. The molecule has 1 aromatic carbocycles. The third-order valence-corrected chi connectivity index (χ3v) is 7.34. The number of hydrogen-bond donors (Lipinski definition) is 2. The maximum atomic E-state index is 6.27. The summed E-state index contributed by atoms with van der Waals surface area (Å²) in [5.74, 6) is 0.871. The molecule has 30 heavy (non-hydrogen) atoms. The Balaban J connectivity index is 1.36. The molecule has 2 aliphatic rings. The first kappa shape index (κ1) is 20.9. The van der Waals surface area contributed by atoms with E-state index < -0.39 is 0 Å². The minimum absolute atomic E-state index is 0.369. The lowest BCUT2D eigenvalue weighted by Crippen LogP contribution is -2.46. The molecule has 0 atom stereocenters. The summed E-state index contributed by atoms with van der Waals surface area (Å²) in [5.41, 5.74) is 15.7. The van der Waals surface area contributed by atoms with Gasteiger partial charge in [0.2, 0.25) is 5.88 Å². The fourth-order valence-electron chi connectivity index (χ4n) is 4.33. The Morgan fingerprint density at radius 3 is 2.50 bits per heavy atom. The summed E-state index contributed by atoms with van der Waals surface area (Å²) >= 11 is 7.57. The van der Waals surface area contributed by atoms with Crippen LogP contribution in [-0.4, -0.2) is 36.0 Å². The van der Waals surface area contributed by atoms with Crippen LogP contribution in [0.15, 0.2) is 57.6 Å². The van der Waals surface area contributed by atoms with Crippen LogP contribution in [0.25, 0.3) is 0 Å². The number of benzene rings is 1. The first-order chi connectivity index (χ1) is 14.5. The minimum Gasteiger partial charge on any atom is -0.480 e. The minimum atomic E-state index is 0.369. The zero-order valence-corrected chi connectivity index (χ0v) is 18.5. The van der Waals surface area contributed by atoms with E-state index in [0.29, 0.717) is 27.3 Å². The number of thioether (sulfide) groups is 1. The van der Waals surface area contributed by atoms with Gasteiger partial charge in [-0.3, -0.25) is 0 Å². The molecule has 2 heterocycles. The number of hydrogen-bond acceptors (Lipinski definition) is 5.